The van der Waals surface area contributed by atoms with E-state index in [9.17, 15) is 13.2 Å². The van der Waals surface area contributed by atoms with E-state index < -0.39 is 18.8 Å². The van der Waals surface area contributed by atoms with Crippen LogP contribution in [-0.4, -0.2) is 43.2 Å². The van der Waals surface area contributed by atoms with Gasteiger partial charge in [0, 0.05) is 13.2 Å². The Balaban J connectivity index is 1.95. The Kier molecular flexibility index (Phi) is 5.51. The lowest BCUT2D eigenvalue weighted by atomic mass is 10.1. The van der Waals surface area contributed by atoms with Crippen molar-refractivity contribution in [3.63, 3.8) is 0 Å². The second-order valence-corrected chi connectivity index (χ2v) is 4.04. The van der Waals surface area contributed by atoms with Crippen molar-refractivity contribution in [3.05, 3.63) is 0 Å². The highest BCUT2D eigenvalue weighted by Gasteiger charge is 2.37. The second-order valence-electron chi connectivity index (χ2n) is 4.04. The molecule has 96 valence electrons. The van der Waals surface area contributed by atoms with Crippen LogP contribution in [0.4, 0.5) is 13.2 Å². The molecule has 0 aliphatic carbocycles. The summed E-state index contributed by atoms with van der Waals surface area (Å²) in [6.07, 6.45) is -2.76. The van der Waals surface area contributed by atoms with Crippen molar-refractivity contribution in [3.8, 4) is 0 Å². The Labute approximate surface area is 93.0 Å². The lowest BCUT2D eigenvalue weighted by Crippen LogP contribution is -2.38. The summed E-state index contributed by atoms with van der Waals surface area (Å²) in [6, 6.07) is 0. The summed E-state index contributed by atoms with van der Waals surface area (Å²) in [5.74, 6) is 0. The van der Waals surface area contributed by atoms with Crippen LogP contribution in [0.5, 0.6) is 0 Å². The SMILES string of the molecule is OC(CNCCCC1CCCO1)C(F)(F)F. The van der Waals surface area contributed by atoms with Crippen molar-refractivity contribution < 1.29 is 23.0 Å². The largest absolute Gasteiger partial charge is 0.415 e. The van der Waals surface area contributed by atoms with Crippen LogP contribution in [0, 0.1) is 0 Å². The fraction of sp³-hybridized carbons (Fsp3) is 1.00. The molecule has 2 unspecified atom stereocenters. The minimum absolute atomic E-state index is 0.273. The number of hydrogen-bond donors (Lipinski definition) is 2. The lowest BCUT2D eigenvalue weighted by molar-refractivity contribution is -0.201. The molecule has 0 spiro atoms. The highest BCUT2D eigenvalue weighted by molar-refractivity contribution is 4.69. The molecule has 1 heterocycles. The van der Waals surface area contributed by atoms with Gasteiger partial charge >= 0.3 is 6.18 Å². The molecule has 6 heteroatoms. The molecule has 2 atom stereocenters. The summed E-state index contributed by atoms with van der Waals surface area (Å²) in [4.78, 5) is 0. The summed E-state index contributed by atoms with van der Waals surface area (Å²) in [5, 5.41) is 11.3. The number of ether oxygens (including phenoxy) is 1. The number of aliphatic hydroxyl groups is 1. The highest BCUT2D eigenvalue weighted by atomic mass is 19.4. The number of alkyl halides is 3. The molecule has 0 aromatic carbocycles. The summed E-state index contributed by atoms with van der Waals surface area (Å²) in [6.45, 7) is 0.840. The fourth-order valence-corrected chi connectivity index (χ4v) is 1.68. The van der Waals surface area contributed by atoms with Gasteiger partial charge in [0.25, 0.3) is 0 Å². The van der Waals surface area contributed by atoms with Crippen LogP contribution in [0.2, 0.25) is 0 Å². The van der Waals surface area contributed by atoms with Crippen molar-refractivity contribution in [2.75, 3.05) is 19.7 Å². The molecule has 1 fully saturated rings. The Hall–Kier alpha value is -0.330. The van der Waals surface area contributed by atoms with Crippen LogP contribution in [0.25, 0.3) is 0 Å². The van der Waals surface area contributed by atoms with Gasteiger partial charge in [0.1, 0.15) is 0 Å². The van der Waals surface area contributed by atoms with Crippen molar-refractivity contribution in [1.82, 2.24) is 5.32 Å². The summed E-state index contributed by atoms with van der Waals surface area (Å²) >= 11 is 0. The predicted molar refractivity (Wildman–Crippen MR) is 53.1 cm³/mol. The maximum atomic E-state index is 11.9. The Morgan fingerprint density at radius 1 is 1.44 bits per heavy atom. The minimum atomic E-state index is -4.53. The first-order valence-electron chi connectivity index (χ1n) is 5.57. The van der Waals surface area contributed by atoms with E-state index in [1.807, 2.05) is 0 Å². The molecule has 0 aromatic rings. The minimum Gasteiger partial charge on any atom is -0.382 e. The van der Waals surface area contributed by atoms with Gasteiger partial charge in [0.05, 0.1) is 6.10 Å². The zero-order valence-corrected chi connectivity index (χ0v) is 9.09. The molecule has 1 rings (SSSR count). The van der Waals surface area contributed by atoms with E-state index >= 15 is 0 Å². The van der Waals surface area contributed by atoms with E-state index in [4.69, 9.17) is 9.84 Å². The average molecular weight is 241 g/mol. The van der Waals surface area contributed by atoms with Gasteiger partial charge in [-0.15, -0.1) is 0 Å². The number of nitrogens with one attached hydrogen (secondary N) is 1. The van der Waals surface area contributed by atoms with Crippen LogP contribution in [0.1, 0.15) is 25.7 Å². The standard InChI is InChI=1S/C10H18F3NO2/c11-10(12,13)9(15)7-14-5-1-3-8-4-2-6-16-8/h8-9,14-15H,1-7H2. The van der Waals surface area contributed by atoms with Gasteiger partial charge in [-0.05, 0) is 32.2 Å². The van der Waals surface area contributed by atoms with Crippen molar-refractivity contribution in [1.29, 1.82) is 0 Å². The maximum Gasteiger partial charge on any atom is 0.415 e. The molecule has 0 amide bonds. The Bertz CT molecular complexity index is 193. The van der Waals surface area contributed by atoms with Gasteiger partial charge in [-0.25, -0.2) is 0 Å². The first-order valence-corrected chi connectivity index (χ1v) is 5.57. The van der Waals surface area contributed by atoms with E-state index in [-0.39, 0.29) is 6.10 Å². The van der Waals surface area contributed by atoms with Crippen molar-refractivity contribution in [2.24, 2.45) is 0 Å². The van der Waals surface area contributed by atoms with Gasteiger partial charge in [0.15, 0.2) is 6.10 Å². The molecule has 16 heavy (non-hydrogen) atoms. The van der Waals surface area contributed by atoms with Crippen LogP contribution >= 0.6 is 0 Å². The van der Waals surface area contributed by atoms with E-state index in [0.29, 0.717) is 6.54 Å². The van der Waals surface area contributed by atoms with Crippen LogP contribution in [0.3, 0.4) is 0 Å². The van der Waals surface area contributed by atoms with Gasteiger partial charge in [-0.2, -0.15) is 13.2 Å². The van der Waals surface area contributed by atoms with Crippen molar-refractivity contribution >= 4 is 0 Å². The quantitative estimate of drug-likeness (QED) is 0.692. The molecule has 3 nitrogen and oxygen atoms in total. The van der Waals surface area contributed by atoms with E-state index in [0.717, 1.165) is 32.3 Å². The lowest BCUT2D eigenvalue weighted by Gasteiger charge is -2.15. The Morgan fingerprint density at radius 2 is 2.19 bits per heavy atom. The smallest absolute Gasteiger partial charge is 0.382 e. The molecule has 1 aliphatic heterocycles. The number of aliphatic hydroxyl groups excluding tert-OH is 1. The zero-order chi connectivity index (χ0) is 12.0. The van der Waals surface area contributed by atoms with Gasteiger partial charge in [-0.1, -0.05) is 0 Å². The molecule has 0 bridgehead atoms. The predicted octanol–water partition coefficient (Wildman–Crippen LogP) is 1.46. The topological polar surface area (TPSA) is 41.5 Å². The summed E-state index contributed by atoms with van der Waals surface area (Å²) < 4.78 is 41.1. The van der Waals surface area contributed by atoms with Gasteiger partial charge in [-0.3, -0.25) is 0 Å². The summed E-state index contributed by atoms with van der Waals surface area (Å²) in [7, 11) is 0. The third-order valence-electron chi connectivity index (χ3n) is 2.62. The van der Waals surface area contributed by atoms with Crippen LogP contribution < -0.4 is 5.32 Å². The van der Waals surface area contributed by atoms with Crippen molar-refractivity contribution in [2.45, 2.75) is 44.1 Å². The molecule has 2 N–H and O–H groups in total. The normalized spacial score (nSPS) is 23.6. The number of hydrogen-bond acceptors (Lipinski definition) is 3. The average Bonchev–Trinajstić information content (AvgIpc) is 2.68. The first-order chi connectivity index (χ1) is 7.50. The van der Waals surface area contributed by atoms with Crippen LogP contribution in [0.15, 0.2) is 0 Å². The van der Waals surface area contributed by atoms with Crippen LogP contribution in [-0.2, 0) is 4.74 Å². The molecule has 1 saturated heterocycles. The molecule has 0 aromatic heterocycles. The molecular weight excluding hydrogens is 223 g/mol. The van der Waals surface area contributed by atoms with Gasteiger partial charge in [0.2, 0.25) is 0 Å². The number of halogens is 3. The molecule has 0 saturated carbocycles. The molecular formula is C10H18F3NO2. The second kappa shape index (κ2) is 6.42. The zero-order valence-electron chi connectivity index (χ0n) is 9.09. The molecule has 1 aliphatic rings. The monoisotopic (exact) mass is 241 g/mol. The van der Waals surface area contributed by atoms with E-state index in [1.54, 1.807) is 0 Å². The maximum absolute atomic E-state index is 11.9. The summed E-state index contributed by atoms with van der Waals surface area (Å²) in [5.41, 5.74) is 0. The fourth-order valence-electron chi connectivity index (χ4n) is 1.68. The number of rotatable bonds is 6. The first kappa shape index (κ1) is 13.7. The van der Waals surface area contributed by atoms with E-state index in [1.165, 1.54) is 0 Å². The Morgan fingerprint density at radius 3 is 2.75 bits per heavy atom. The third-order valence-corrected chi connectivity index (χ3v) is 2.62. The van der Waals surface area contributed by atoms with Gasteiger partial charge < -0.3 is 15.2 Å². The molecule has 0 radical (unpaired) electrons. The third kappa shape index (κ3) is 5.14. The van der Waals surface area contributed by atoms with E-state index in [2.05, 4.69) is 5.32 Å². The highest BCUT2D eigenvalue weighted by Crippen LogP contribution is 2.19.